The third-order valence-corrected chi connectivity index (χ3v) is 5.31. The summed E-state index contributed by atoms with van der Waals surface area (Å²) in [6, 6.07) is 11.7. The number of thiophene rings is 1. The molecule has 2 aromatic rings. The summed E-state index contributed by atoms with van der Waals surface area (Å²) in [4.78, 5) is 28.2. The molecular weight excluding hydrogens is 316 g/mol. The molecule has 1 aromatic heterocycles. The molecule has 0 saturated carbocycles. The van der Waals surface area contributed by atoms with Gasteiger partial charge in [0.15, 0.2) is 0 Å². The number of benzene rings is 1. The SMILES string of the molecule is O=C(CN1C(=O)CCSc2ccccc21)NCc1cccs1. The van der Waals surface area contributed by atoms with E-state index in [1.54, 1.807) is 28.0 Å². The average Bonchev–Trinajstić information content (AvgIpc) is 2.99. The highest BCUT2D eigenvalue weighted by molar-refractivity contribution is 7.99. The van der Waals surface area contributed by atoms with E-state index in [1.807, 2.05) is 41.8 Å². The largest absolute Gasteiger partial charge is 0.350 e. The molecule has 0 atom stereocenters. The summed E-state index contributed by atoms with van der Waals surface area (Å²) in [5.41, 5.74) is 0.835. The highest BCUT2D eigenvalue weighted by Gasteiger charge is 2.24. The van der Waals surface area contributed by atoms with Crippen molar-refractivity contribution >= 4 is 40.6 Å². The van der Waals surface area contributed by atoms with Crippen LogP contribution < -0.4 is 10.2 Å². The quantitative estimate of drug-likeness (QED) is 0.936. The van der Waals surface area contributed by atoms with Gasteiger partial charge >= 0.3 is 0 Å². The van der Waals surface area contributed by atoms with Crippen LogP contribution in [0, 0.1) is 0 Å². The number of amides is 2. The van der Waals surface area contributed by atoms with Crippen LogP contribution in [0.25, 0.3) is 0 Å². The van der Waals surface area contributed by atoms with Gasteiger partial charge in [-0.1, -0.05) is 18.2 Å². The minimum absolute atomic E-state index is 0.00345. The van der Waals surface area contributed by atoms with Gasteiger partial charge in [0.1, 0.15) is 6.54 Å². The van der Waals surface area contributed by atoms with Crippen LogP contribution in [0.1, 0.15) is 11.3 Å². The zero-order chi connectivity index (χ0) is 15.4. The van der Waals surface area contributed by atoms with Crippen LogP contribution in [-0.4, -0.2) is 24.1 Å². The van der Waals surface area contributed by atoms with E-state index < -0.39 is 0 Å². The van der Waals surface area contributed by atoms with Crippen LogP contribution in [0.5, 0.6) is 0 Å². The van der Waals surface area contributed by atoms with Crippen molar-refractivity contribution in [2.45, 2.75) is 17.9 Å². The fourth-order valence-electron chi connectivity index (χ4n) is 2.29. The van der Waals surface area contributed by atoms with Crippen LogP contribution in [0.3, 0.4) is 0 Å². The second kappa shape index (κ2) is 6.98. The minimum Gasteiger partial charge on any atom is -0.350 e. The Balaban J connectivity index is 1.69. The number of hydrogen-bond acceptors (Lipinski definition) is 4. The van der Waals surface area contributed by atoms with Crippen LogP contribution >= 0.6 is 23.1 Å². The minimum atomic E-state index is -0.136. The summed E-state index contributed by atoms with van der Waals surface area (Å²) in [5.74, 6) is 0.621. The maximum Gasteiger partial charge on any atom is 0.240 e. The van der Waals surface area contributed by atoms with Crippen molar-refractivity contribution in [3.05, 3.63) is 46.7 Å². The number of hydrogen-bond donors (Lipinski definition) is 1. The summed E-state index contributed by atoms with van der Waals surface area (Å²) in [6.07, 6.45) is 0.456. The molecule has 0 radical (unpaired) electrons. The fourth-order valence-corrected chi connectivity index (χ4v) is 3.93. The monoisotopic (exact) mass is 332 g/mol. The number of para-hydroxylation sites is 1. The van der Waals surface area contributed by atoms with E-state index in [9.17, 15) is 9.59 Å². The maximum atomic E-state index is 12.3. The van der Waals surface area contributed by atoms with Gasteiger partial charge in [-0.2, -0.15) is 0 Å². The summed E-state index contributed by atoms with van der Waals surface area (Å²) < 4.78 is 0. The Bertz CT molecular complexity index is 671. The van der Waals surface area contributed by atoms with Gasteiger partial charge in [-0.3, -0.25) is 9.59 Å². The van der Waals surface area contributed by atoms with Gasteiger partial charge in [0.2, 0.25) is 11.8 Å². The first kappa shape index (κ1) is 15.1. The molecule has 3 rings (SSSR count). The number of carbonyl (C=O) groups is 2. The number of fused-ring (bicyclic) bond motifs is 1. The molecule has 1 aromatic carbocycles. The summed E-state index contributed by atoms with van der Waals surface area (Å²) in [7, 11) is 0. The van der Waals surface area contributed by atoms with Gasteiger partial charge in [-0.05, 0) is 23.6 Å². The van der Waals surface area contributed by atoms with E-state index in [-0.39, 0.29) is 18.4 Å². The first-order chi connectivity index (χ1) is 10.7. The van der Waals surface area contributed by atoms with Crippen molar-refractivity contribution in [1.82, 2.24) is 5.32 Å². The van der Waals surface area contributed by atoms with Gasteiger partial charge in [0.05, 0.1) is 12.2 Å². The third-order valence-electron chi connectivity index (χ3n) is 3.37. The second-order valence-electron chi connectivity index (χ2n) is 4.90. The Labute approximate surface area is 137 Å². The van der Waals surface area contributed by atoms with Crippen LogP contribution in [0.15, 0.2) is 46.7 Å². The highest BCUT2D eigenvalue weighted by atomic mass is 32.2. The summed E-state index contributed by atoms with van der Waals surface area (Å²) >= 11 is 3.27. The molecule has 2 heterocycles. The van der Waals surface area contributed by atoms with Crippen LogP contribution in [-0.2, 0) is 16.1 Å². The molecule has 22 heavy (non-hydrogen) atoms. The third kappa shape index (κ3) is 3.51. The smallest absolute Gasteiger partial charge is 0.240 e. The van der Waals surface area contributed by atoms with Crippen molar-refractivity contribution in [1.29, 1.82) is 0 Å². The number of nitrogens with one attached hydrogen (secondary N) is 1. The number of rotatable bonds is 4. The van der Waals surface area contributed by atoms with E-state index in [0.717, 1.165) is 21.2 Å². The Kier molecular flexibility index (Phi) is 4.80. The first-order valence-corrected chi connectivity index (χ1v) is 8.92. The topological polar surface area (TPSA) is 49.4 Å². The number of carbonyl (C=O) groups excluding carboxylic acids is 2. The molecule has 6 heteroatoms. The molecular formula is C16H16N2O2S2. The molecule has 0 aliphatic carbocycles. The van der Waals surface area contributed by atoms with Crippen molar-refractivity contribution in [3.8, 4) is 0 Å². The molecule has 1 N–H and O–H groups in total. The van der Waals surface area contributed by atoms with Gasteiger partial charge in [-0.25, -0.2) is 0 Å². The standard InChI is InChI=1S/C16H16N2O2S2/c19-15(17-10-12-4-3-8-21-12)11-18-13-5-1-2-6-14(13)22-9-7-16(18)20/h1-6,8H,7,9-11H2,(H,17,19). The lowest BCUT2D eigenvalue weighted by Crippen LogP contribution is -2.40. The number of nitrogens with zero attached hydrogens (tertiary/aromatic N) is 1. The van der Waals surface area contributed by atoms with E-state index >= 15 is 0 Å². The van der Waals surface area contributed by atoms with Gasteiger partial charge in [-0.15, -0.1) is 23.1 Å². The molecule has 0 bridgehead atoms. The molecule has 4 nitrogen and oxygen atoms in total. The van der Waals surface area contributed by atoms with Crippen LogP contribution in [0.2, 0.25) is 0 Å². The zero-order valence-electron chi connectivity index (χ0n) is 12.0. The van der Waals surface area contributed by atoms with Gasteiger partial charge < -0.3 is 10.2 Å². The van der Waals surface area contributed by atoms with Crippen LogP contribution in [0.4, 0.5) is 5.69 Å². The summed E-state index contributed by atoms with van der Waals surface area (Å²) in [6.45, 7) is 0.580. The lowest BCUT2D eigenvalue weighted by atomic mass is 10.2. The molecule has 0 unspecified atom stereocenters. The van der Waals surface area contributed by atoms with E-state index in [0.29, 0.717) is 13.0 Å². The van der Waals surface area contributed by atoms with Crippen molar-refractivity contribution in [2.24, 2.45) is 0 Å². The van der Waals surface area contributed by atoms with E-state index in [4.69, 9.17) is 0 Å². The van der Waals surface area contributed by atoms with E-state index in [1.165, 1.54) is 0 Å². The Morgan fingerprint density at radius 2 is 2.09 bits per heavy atom. The molecule has 1 aliphatic heterocycles. The fraction of sp³-hybridized carbons (Fsp3) is 0.250. The molecule has 0 fully saturated rings. The predicted molar refractivity (Wildman–Crippen MR) is 90.3 cm³/mol. The van der Waals surface area contributed by atoms with Crippen molar-refractivity contribution < 1.29 is 9.59 Å². The molecule has 2 amide bonds. The summed E-state index contributed by atoms with van der Waals surface area (Å²) in [5, 5.41) is 4.85. The normalized spacial score (nSPS) is 14.4. The van der Waals surface area contributed by atoms with Crippen molar-refractivity contribution in [2.75, 3.05) is 17.2 Å². The Morgan fingerprint density at radius 3 is 2.91 bits per heavy atom. The Hall–Kier alpha value is -1.79. The van der Waals surface area contributed by atoms with Gasteiger partial charge in [0, 0.05) is 21.9 Å². The molecule has 1 aliphatic rings. The zero-order valence-corrected chi connectivity index (χ0v) is 13.6. The Morgan fingerprint density at radius 1 is 1.23 bits per heavy atom. The lowest BCUT2D eigenvalue weighted by molar-refractivity contribution is -0.123. The maximum absolute atomic E-state index is 12.3. The predicted octanol–water partition coefficient (Wildman–Crippen LogP) is 2.89. The van der Waals surface area contributed by atoms with Crippen molar-refractivity contribution in [3.63, 3.8) is 0 Å². The number of anilines is 1. The first-order valence-electron chi connectivity index (χ1n) is 7.05. The lowest BCUT2D eigenvalue weighted by Gasteiger charge is -2.22. The molecule has 0 saturated heterocycles. The van der Waals surface area contributed by atoms with E-state index in [2.05, 4.69) is 5.32 Å². The molecule has 0 spiro atoms. The van der Waals surface area contributed by atoms with Gasteiger partial charge in [0.25, 0.3) is 0 Å². The number of thioether (sulfide) groups is 1. The molecule has 114 valence electrons. The second-order valence-corrected chi connectivity index (χ2v) is 7.07. The highest BCUT2D eigenvalue weighted by Crippen LogP contribution is 2.33. The average molecular weight is 332 g/mol.